The van der Waals surface area contributed by atoms with Gasteiger partial charge < -0.3 is 39.6 Å². The number of hydrogen-bond donors (Lipinski definition) is 4. The maximum absolute atomic E-state index is 9.71. The minimum absolute atomic E-state index is 0.106. The number of aliphatic hydroxyl groups is 2. The molecule has 2 saturated carbocycles. The first-order chi connectivity index (χ1) is 52.1. The largest absolute Gasteiger partial charge is 0.0622 e. The van der Waals surface area contributed by atoms with Gasteiger partial charge in [-0.15, -0.1) is 32.9 Å². The number of ether oxygens (including phenoxy) is 2. The molecule has 7 heterocycles. The fourth-order valence-corrected chi connectivity index (χ4v) is 19.9. The van der Waals surface area contributed by atoms with Crippen LogP contribution in [0.3, 0.4) is 0 Å². The maximum Gasteiger partial charge on any atom is -0.0134 e. The number of nitrogens with zero attached hydrogens (tertiary/aromatic N) is 6. The molecule has 0 bridgehead atoms. The summed E-state index contributed by atoms with van der Waals surface area (Å²) in [6.07, 6.45) is 10.7. The van der Waals surface area contributed by atoms with Crippen LogP contribution in [0.4, 0.5) is 11.6 Å². The van der Waals surface area contributed by atoms with E-state index in [0.717, 1.165) is 127 Å². The average molecular weight is 1700 g/mol. The molecule has 17 rings (SSSR count). The predicted molar refractivity (Wildman–Crippen MR) is 451 cm³/mol. The molecule has 14 aromatic rings. The minimum atomic E-state index is -0.446. The van der Waals surface area contributed by atoms with E-state index in [1.54, 1.807) is 47.6 Å². The smallest absolute Gasteiger partial charge is 0.0134 e. The van der Waals surface area contributed by atoms with Gasteiger partial charge in [-0.05, 0) is 219 Å². The first kappa shape index (κ1) is 79.2. The van der Waals surface area contributed by atoms with E-state index >= 15 is 0 Å². The van der Waals surface area contributed by atoms with Crippen molar-refractivity contribution in [2.45, 2.75) is 115 Å². The molecule has 8 aromatic carbocycles. The number of thiophene rings is 2. The Kier molecular flexibility index (Phi) is 28.3. The van der Waals surface area contributed by atoms with Crippen LogP contribution in [0.15, 0.2) is 270 Å². The van der Waals surface area contributed by atoms with Gasteiger partial charge >= 0.3 is 42.1 Å². The number of fused-ring (bicyclic) bond motifs is 4. The van der Waals surface area contributed by atoms with Gasteiger partial charge in [0.25, 0.3) is 0 Å². The minimum Gasteiger partial charge on any atom is -0.0622 e. The van der Waals surface area contributed by atoms with E-state index in [1.807, 2.05) is 53.2 Å². The summed E-state index contributed by atoms with van der Waals surface area (Å²) in [5, 5.41) is 50.3. The van der Waals surface area contributed by atoms with E-state index in [0.29, 0.717) is 12.1 Å². The van der Waals surface area contributed by atoms with Gasteiger partial charge in [0, 0.05) is 23.0 Å². The number of hydrogen-bond acceptors (Lipinski definition) is 14. The fourth-order valence-electron chi connectivity index (χ4n) is 13.1. The summed E-state index contributed by atoms with van der Waals surface area (Å²) in [4.78, 5) is 8.75. The van der Waals surface area contributed by atoms with Crippen molar-refractivity contribution < 1.29 is 44.9 Å². The normalized spacial score (nSPS) is 17.1. The molecule has 4 N–H and O–H groups in total. The van der Waals surface area contributed by atoms with Crippen LogP contribution in [0, 0.1) is 0 Å². The molecule has 1 aliphatic heterocycles. The summed E-state index contributed by atoms with van der Waals surface area (Å²) < 4.78 is 30.0. The molecule has 0 atom stereocenters. The van der Waals surface area contributed by atoms with Crippen LogP contribution in [0.5, 0.6) is 11.5 Å². The van der Waals surface area contributed by atoms with Crippen LogP contribution in [-0.2, 0) is 25.2 Å². The molecular weight excluding hydrogens is 1610 g/mol. The van der Waals surface area contributed by atoms with E-state index in [2.05, 4.69) is 280 Å². The van der Waals surface area contributed by atoms with E-state index in [9.17, 15) is 10.2 Å². The number of benzene rings is 8. The Labute approximate surface area is 662 Å². The maximum atomic E-state index is 9.71. The quantitative estimate of drug-likeness (QED) is 0.0603. The molecule has 0 unspecified atom stereocenters. The van der Waals surface area contributed by atoms with Crippen molar-refractivity contribution in [2.24, 2.45) is 0 Å². The number of anilines is 2. The fraction of sp³-hybridized carbons (Fsp3) is 0.238. The predicted octanol–water partition coefficient (Wildman–Crippen LogP) is 18.0. The summed E-state index contributed by atoms with van der Waals surface area (Å²) in [5.41, 5.74) is 4.13. The van der Waals surface area contributed by atoms with Crippen molar-refractivity contribution in [3.8, 4) is 22.8 Å². The third kappa shape index (κ3) is 20.2. The molecule has 2 aliphatic carbocycles. The van der Waals surface area contributed by atoms with Gasteiger partial charge in [-0.3, -0.25) is 0 Å². The Bertz CT molecular complexity index is 4750. The van der Waals surface area contributed by atoms with Gasteiger partial charge in [-0.2, -0.15) is 0 Å². The summed E-state index contributed by atoms with van der Waals surface area (Å²) >= 11 is 6.65. The summed E-state index contributed by atoms with van der Waals surface area (Å²) in [6.45, 7) is 8.28. The van der Waals surface area contributed by atoms with Gasteiger partial charge in [0.05, 0.1) is 65.1 Å². The van der Waals surface area contributed by atoms with Crippen molar-refractivity contribution in [1.82, 2.24) is 29.2 Å². The number of nitrogens with one attached hydrogen (secondary N) is 2. The van der Waals surface area contributed by atoms with Crippen LogP contribution in [0.25, 0.3) is 42.7 Å². The molecule has 0 spiro atoms. The van der Waals surface area contributed by atoms with Gasteiger partial charge in [0.15, 0.2) is 11.3 Å². The van der Waals surface area contributed by atoms with Crippen molar-refractivity contribution in [2.75, 3.05) is 24.9 Å². The number of rotatable bonds is 14. The average Bonchev–Trinajstić information content (AvgIpc) is 1.61. The molecular formula is C84H86BBrCl2N8O6P2PdS2. The Hall–Kier alpha value is -7.39. The van der Waals surface area contributed by atoms with Gasteiger partial charge in [0.1, 0.15) is 27.7 Å². The first-order valence-electron chi connectivity index (χ1n) is 35.5. The molecule has 107 heavy (non-hydrogen) atoms. The van der Waals surface area contributed by atoms with E-state index in [1.165, 1.54) is 31.8 Å². The third-order valence-electron chi connectivity index (χ3n) is 19.3. The zero-order valence-corrected chi connectivity index (χ0v) is 68.4. The number of methoxy groups -OCH3 is 2. The van der Waals surface area contributed by atoms with Gasteiger partial charge in [-0.25, -0.2) is 19.0 Å². The molecule has 3 aliphatic rings. The number of aliphatic hydroxyl groups excluding tert-OH is 2. The first-order valence-corrected chi connectivity index (χ1v) is 44.8. The monoisotopic (exact) mass is 1690 g/mol. The molecule has 14 nitrogen and oxygen atoms in total. The summed E-state index contributed by atoms with van der Waals surface area (Å²) in [5.74, 6) is 3.47. The Morgan fingerprint density at radius 1 is 0.477 bits per heavy atom. The summed E-state index contributed by atoms with van der Waals surface area (Å²) in [6, 6.07) is 85.6. The van der Waals surface area contributed by atoms with Gasteiger partial charge in [0.2, 0.25) is 0 Å². The van der Waals surface area contributed by atoms with E-state index < -0.39 is 15.8 Å². The standard InChI is InChI=1S/C21H22N4O2S.2C18H15P.C15H19BO3S.C12H15BrN4O.2ClH.Pd/c1-27-18-7-6-15(16-10-11-28-21(16)18)17-12-22-20-9-8-19(24-25(17)20)23-13-2-4-14(26)5-3-13;2*1-4-10-16(11-5-1)19(17-12-6-2-7-13-17)18-14-8-3-9-15-18;1-14(2)15(3,4)19-16(18-14)11-6-7-12(17-5)13-10(11)8-9-20-13;13-10-7-14-12-6-5-11(16-17(10)12)15-8-1-3-9(18)4-2-8;;;/h6-14,26H,2-5H2,1H3,(H,23,24);2*1-15H;6-9H,1-5H3;5-9,18H,1-4H2,(H,15,16);2*1H;/q;;;;;;;+2/p-2. The molecule has 554 valence electrons. The second-order valence-corrected chi connectivity index (χ2v) is 36.3. The van der Waals surface area contributed by atoms with Crippen molar-refractivity contribution in [1.29, 1.82) is 0 Å². The van der Waals surface area contributed by atoms with Crippen LogP contribution in [0.1, 0.15) is 79.1 Å². The van der Waals surface area contributed by atoms with Crippen molar-refractivity contribution >= 4 is 161 Å². The third-order valence-corrected chi connectivity index (χ3v) is 26.6. The van der Waals surface area contributed by atoms with E-state index in [4.69, 9.17) is 42.9 Å². The molecule has 23 heteroatoms. The van der Waals surface area contributed by atoms with Crippen LogP contribution in [-0.4, -0.2) is 96.2 Å². The van der Waals surface area contributed by atoms with Crippen LogP contribution < -0.4 is 57.4 Å². The zero-order chi connectivity index (χ0) is 74.7. The van der Waals surface area contributed by atoms with Gasteiger partial charge in [-0.1, -0.05) is 188 Å². The van der Waals surface area contributed by atoms with Crippen molar-refractivity contribution in [3.05, 3.63) is 270 Å². The Morgan fingerprint density at radius 3 is 1.23 bits per heavy atom. The molecule has 6 aromatic heterocycles. The molecule has 0 radical (unpaired) electrons. The number of halogens is 3. The number of aromatic nitrogens is 6. The number of imidazole rings is 2. The SMILES string of the molecule is COc1ccc(-c2cnc3ccc(NC4CCC(O)CC4)nn23)c2ccsc12.COc1ccc(B2OC(C)(C)C(C)(C)O2)c2ccsc12.OC1CCC(Nc2ccc3ncc(Br)n3n2)CC1.[Cl][Pd][Cl].c1ccc(P(c2ccccc2)c2ccccc2)cc1.c1ccc(P(c2ccccc2)c2ccccc2)cc1. The molecule has 1 saturated heterocycles. The second-order valence-electron chi connectivity index (χ2n) is 26.8. The molecule has 3 fully saturated rings. The summed E-state index contributed by atoms with van der Waals surface area (Å²) in [7, 11) is 11.8. The van der Waals surface area contributed by atoms with Crippen LogP contribution in [0.2, 0.25) is 0 Å². The zero-order valence-electron chi connectivity index (χ0n) is 60.3. The second kappa shape index (κ2) is 38.3. The van der Waals surface area contributed by atoms with Crippen LogP contribution >= 0.6 is 73.5 Å². The Morgan fingerprint density at radius 2 is 0.832 bits per heavy atom. The van der Waals surface area contributed by atoms with E-state index in [-0.39, 0.29) is 46.5 Å². The molecule has 0 amide bonds. The topological polar surface area (TPSA) is 162 Å². The Balaban J connectivity index is 0.000000125. The van der Waals surface area contributed by atoms with Crippen molar-refractivity contribution in [3.63, 3.8) is 0 Å².